The normalized spacial score (nSPS) is 34.6. The summed E-state index contributed by atoms with van der Waals surface area (Å²) in [6, 6.07) is 0. The van der Waals surface area contributed by atoms with E-state index in [0.717, 1.165) is 0 Å². The molecule has 0 aromatic heterocycles. The molecule has 2 unspecified atom stereocenters. The van der Waals surface area contributed by atoms with E-state index in [1.165, 1.54) is 0 Å². The molecule has 1 saturated carbocycles. The highest BCUT2D eigenvalue weighted by Gasteiger charge is 2.42. The van der Waals surface area contributed by atoms with Crippen molar-refractivity contribution in [3.8, 4) is 0 Å². The second-order valence-electron chi connectivity index (χ2n) is 3.21. The molecule has 5 nitrogen and oxygen atoms in total. The van der Waals surface area contributed by atoms with Crippen LogP contribution in [0.1, 0.15) is 19.3 Å². The Labute approximate surface area is 69.3 Å². The van der Waals surface area contributed by atoms with Crippen LogP contribution in [0.5, 0.6) is 0 Å². The molecular formula is C7H12O5. The first-order chi connectivity index (χ1) is 5.43. The maximum atomic E-state index is 10.4. The molecule has 1 aliphatic carbocycles. The number of carboxylic acids is 1. The van der Waals surface area contributed by atoms with Crippen LogP contribution in [0, 0.1) is 5.92 Å². The fraction of sp³-hybridized carbons (Fsp3) is 0.857. The van der Waals surface area contributed by atoms with Gasteiger partial charge in [0.15, 0.2) is 5.79 Å². The molecule has 0 aromatic rings. The van der Waals surface area contributed by atoms with Crippen molar-refractivity contribution >= 4 is 5.97 Å². The van der Waals surface area contributed by atoms with Gasteiger partial charge < -0.3 is 20.4 Å². The molecule has 70 valence electrons. The van der Waals surface area contributed by atoms with Crippen molar-refractivity contribution in [2.24, 2.45) is 5.92 Å². The summed E-state index contributed by atoms with van der Waals surface area (Å²) in [5, 5.41) is 35.8. The summed E-state index contributed by atoms with van der Waals surface area (Å²) in [6.45, 7) is 0. The largest absolute Gasteiger partial charge is 0.481 e. The molecular weight excluding hydrogens is 164 g/mol. The molecule has 0 radical (unpaired) electrons. The fourth-order valence-electron chi connectivity index (χ4n) is 1.40. The predicted octanol–water partition coefficient (Wildman–Crippen LogP) is -1.09. The lowest BCUT2D eigenvalue weighted by molar-refractivity contribution is -0.249. The second kappa shape index (κ2) is 3.01. The summed E-state index contributed by atoms with van der Waals surface area (Å²) in [6.07, 6.45) is -1.12. The monoisotopic (exact) mass is 176 g/mol. The number of carboxylic acid groups (broad SMARTS) is 1. The Morgan fingerprint density at radius 1 is 1.33 bits per heavy atom. The minimum absolute atomic E-state index is 0.115. The quantitative estimate of drug-likeness (QED) is 0.381. The van der Waals surface area contributed by atoms with E-state index in [1.807, 2.05) is 0 Å². The standard InChI is InChI=1S/C7H12O5/c8-5-2-1-4(6(9)10)3-7(5,11)12/h4-5,8,11-12H,1-3H2,(H,9,10). The van der Waals surface area contributed by atoms with Crippen LogP contribution in [0.2, 0.25) is 0 Å². The van der Waals surface area contributed by atoms with Gasteiger partial charge in [-0.25, -0.2) is 0 Å². The van der Waals surface area contributed by atoms with Gasteiger partial charge in [-0.1, -0.05) is 0 Å². The van der Waals surface area contributed by atoms with Gasteiger partial charge in [0, 0.05) is 6.42 Å². The molecule has 0 saturated heterocycles. The van der Waals surface area contributed by atoms with Crippen molar-refractivity contribution in [1.29, 1.82) is 0 Å². The highest BCUT2D eigenvalue weighted by atomic mass is 16.5. The van der Waals surface area contributed by atoms with E-state index >= 15 is 0 Å². The summed E-state index contributed by atoms with van der Waals surface area (Å²) < 4.78 is 0. The third-order valence-electron chi connectivity index (χ3n) is 2.22. The third kappa shape index (κ3) is 1.74. The highest BCUT2D eigenvalue weighted by Crippen LogP contribution is 2.30. The average molecular weight is 176 g/mol. The first-order valence-corrected chi connectivity index (χ1v) is 3.79. The van der Waals surface area contributed by atoms with Gasteiger partial charge in [0.2, 0.25) is 0 Å². The topological polar surface area (TPSA) is 98.0 Å². The SMILES string of the molecule is O=C(O)C1CCC(O)C(O)(O)C1. The summed E-state index contributed by atoms with van der Waals surface area (Å²) in [7, 11) is 0. The number of rotatable bonds is 1. The van der Waals surface area contributed by atoms with Gasteiger partial charge in [-0.3, -0.25) is 4.79 Å². The van der Waals surface area contributed by atoms with Crippen LogP contribution < -0.4 is 0 Å². The zero-order chi connectivity index (χ0) is 9.35. The molecule has 0 aliphatic heterocycles. The molecule has 4 N–H and O–H groups in total. The Morgan fingerprint density at radius 2 is 1.92 bits per heavy atom. The second-order valence-corrected chi connectivity index (χ2v) is 3.21. The van der Waals surface area contributed by atoms with Gasteiger partial charge in [-0.05, 0) is 12.8 Å². The Hall–Kier alpha value is -0.650. The summed E-state index contributed by atoms with van der Waals surface area (Å²) in [5.74, 6) is -4.04. The minimum Gasteiger partial charge on any atom is -0.481 e. The summed E-state index contributed by atoms with van der Waals surface area (Å²) in [4.78, 5) is 10.4. The lowest BCUT2D eigenvalue weighted by Gasteiger charge is -2.34. The molecule has 0 heterocycles. The summed E-state index contributed by atoms with van der Waals surface area (Å²) >= 11 is 0. The van der Waals surface area contributed by atoms with E-state index in [0.29, 0.717) is 6.42 Å². The van der Waals surface area contributed by atoms with E-state index in [-0.39, 0.29) is 12.8 Å². The van der Waals surface area contributed by atoms with E-state index in [4.69, 9.17) is 20.4 Å². The molecule has 0 amide bonds. The number of hydrogen-bond acceptors (Lipinski definition) is 4. The van der Waals surface area contributed by atoms with Gasteiger partial charge in [-0.2, -0.15) is 0 Å². The van der Waals surface area contributed by atoms with Crippen molar-refractivity contribution in [3.05, 3.63) is 0 Å². The van der Waals surface area contributed by atoms with Gasteiger partial charge in [0.25, 0.3) is 0 Å². The third-order valence-corrected chi connectivity index (χ3v) is 2.22. The highest BCUT2D eigenvalue weighted by molar-refractivity contribution is 5.70. The Balaban J connectivity index is 2.63. The van der Waals surface area contributed by atoms with E-state index < -0.39 is 23.8 Å². The first kappa shape index (κ1) is 9.44. The fourth-order valence-corrected chi connectivity index (χ4v) is 1.40. The Bertz CT molecular complexity index is 188. The van der Waals surface area contributed by atoms with Crippen LogP contribution >= 0.6 is 0 Å². The average Bonchev–Trinajstić information content (AvgIpc) is 1.94. The van der Waals surface area contributed by atoms with Gasteiger partial charge >= 0.3 is 5.97 Å². The van der Waals surface area contributed by atoms with Crippen molar-refractivity contribution in [2.75, 3.05) is 0 Å². The van der Waals surface area contributed by atoms with Crippen molar-refractivity contribution in [3.63, 3.8) is 0 Å². The maximum absolute atomic E-state index is 10.4. The van der Waals surface area contributed by atoms with Crippen LogP contribution in [0.3, 0.4) is 0 Å². The lowest BCUT2D eigenvalue weighted by Crippen LogP contribution is -2.48. The van der Waals surface area contributed by atoms with Crippen LogP contribution in [0.4, 0.5) is 0 Å². The van der Waals surface area contributed by atoms with E-state index in [9.17, 15) is 4.79 Å². The molecule has 1 rings (SSSR count). The number of aliphatic carboxylic acids is 1. The zero-order valence-corrected chi connectivity index (χ0v) is 6.47. The predicted molar refractivity (Wildman–Crippen MR) is 38.2 cm³/mol. The number of hydrogen-bond donors (Lipinski definition) is 4. The molecule has 0 bridgehead atoms. The molecule has 1 aliphatic rings. The van der Waals surface area contributed by atoms with Crippen LogP contribution in [0.25, 0.3) is 0 Å². The Morgan fingerprint density at radius 3 is 2.33 bits per heavy atom. The smallest absolute Gasteiger partial charge is 0.306 e. The molecule has 0 spiro atoms. The molecule has 12 heavy (non-hydrogen) atoms. The van der Waals surface area contributed by atoms with Crippen molar-refractivity contribution in [1.82, 2.24) is 0 Å². The van der Waals surface area contributed by atoms with Crippen LogP contribution in [-0.4, -0.2) is 38.3 Å². The van der Waals surface area contributed by atoms with Crippen LogP contribution in [-0.2, 0) is 4.79 Å². The first-order valence-electron chi connectivity index (χ1n) is 3.79. The van der Waals surface area contributed by atoms with Crippen LogP contribution in [0.15, 0.2) is 0 Å². The van der Waals surface area contributed by atoms with Gasteiger partial charge in [0.05, 0.1) is 5.92 Å². The minimum atomic E-state index is -2.23. The van der Waals surface area contributed by atoms with E-state index in [2.05, 4.69) is 0 Å². The van der Waals surface area contributed by atoms with Crippen molar-refractivity contribution < 1.29 is 25.2 Å². The van der Waals surface area contributed by atoms with E-state index in [1.54, 1.807) is 0 Å². The lowest BCUT2D eigenvalue weighted by atomic mass is 9.83. The molecule has 2 atom stereocenters. The number of aliphatic hydroxyl groups is 3. The Kier molecular flexibility index (Phi) is 2.36. The summed E-state index contributed by atoms with van der Waals surface area (Å²) in [5.41, 5.74) is 0. The number of carbonyl (C=O) groups is 1. The molecule has 1 fully saturated rings. The molecule has 5 heteroatoms. The van der Waals surface area contributed by atoms with Crippen molar-refractivity contribution in [2.45, 2.75) is 31.2 Å². The zero-order valence-electron chi connectivity index (χ0n) is 6.47. The maximum Gasteiger partial charge on any atom is 0.306 e. The number of aliphatic hydroxyl groups excluding tert-OH is 1. The van der Waals surface area contributed by atoms with Gasteiger partial charge in [0.1, 0.15) is 6.10 Å². The van der Waals surface area contributed by atoms with Gasteiger partial charge in [-0.15, -0.1) is 0 Å². The molecule has 0 aromatic carbocycles.